The fourth-order valence-corrected chi connectivity index (χ4v) is 5.42. The fourth-order valence-electron chi connectivity index (χ4n) is 5.42. The normalized spacial score (nSPS) is 13.2. The van der Waals surface area contributed by atoms with E-state index < -0.39 is 0 Å². The maximum Gasteiger partial charge on any atom is 0.220 e. The van der Waals surface area contributed by atoms with Gasteiger partial charge in [-0.3, -0.25) is 4.79 Å². The van der Waals surface area contributed by atoms with Crippen LogP contribution in [-0.4, -0.2) is 23.2 Å². The zero-order chi connectivity index (χ0) is 30.8. The molecule has 2 aromatic carbocycles. The monoisotopic (exact) mass is 551 g/mol. The van der Waals surface area contributed by atoms with Gasteiger partial charge in [-0.25, -0.2) is 0 Å². The molecule has 0 saturated carbocycles. The number of aromatic hydroxyl groups is 2. The van der Waals surface area contributed by atoms with Crippen molar-refractivity contribution in [1.29, 1.82) is 0 Å². The number of rotatable bonds is 8. The first kappa shape index (κ1) is 33.7. The molecule has 0 heterocycles. The zero-order valence-corrected chi connectivity index (χ0v) is 27.7. The number of hydrogen-bond donors (Lipinski definition) is 3. The maximum atomic E-state index is 12.5. The number of carbonyl (C=O) groups excluding carboxylic acids is 1. The molecule has 0 aliphatic heterocycles. The summed E-state index contributed by atoms with van der Waals surface area (Å²) in [6.07, 6.45) is 3.97. The molecule has 0 fully saturated rings. The van der Waals surface area contributed by atoms with Crippen molar-refractivity contribution in [3.63, 3.8) is 0 Å². The van der Waals surface area contributed by atoms with E-state index in [0.29, 0.717) is 17.9 Å². The van der Waals surface area contributed by atoms with Crippen LogP contribution in [0.5, 0.6) is 11.5 Å². The fraction of sp³-hybridized carbons (Fsp3) is 0.639. The number of hydrogen-bond acceptors (Lipinski definition) is 3. The van der Waals surface area contributed by atoms with Crippen LogP contribution < -0.4 is 5.32 Å². The largest absolute Gasteiger partial charge is 0.507 e. The van der Waals surface area contributed by atoms with Gasteiger partial charge in [-0.05, 0) is 86.6 Å². The van der Waals surface area contributed by atoms with E-state index in [9.17, 15) is 15.0 Å². The number of benzene rings is 2. The summed E-state index contributed by atoms with van der Waals surface area (Å²) >= 11 is 0. The molecule has 0 aliphatic rings. The van der Waals surface area contributed by atoms with Crippen molar-refractivity contribution >= 4 is 5.91 Å². The van der Waals surface area contributed by atoms with Crippen molar-refractivity contribution in [1.82, 2.24) is 5.32 Å². The van der Waals surface area contributed by atoms with Gasteiger partial charge >= 0.3 is 0 Å². The van der Waals surface area contributed by atoms with Gasteiger partial charge in [0.2, 0.25) is 5.91 Å². The molecule has 4 nitrogen and oxygen atoms in total. The lowest BCUT2D eigenvalue weighted by atomic mass is 9.77. The van der Waals surface area contributed by atoms with Gasteiger partial charge in [-0.2, -0.15) is 0 Å². The highest BCUT2D eigenvalue weighted by atomic mass is 16.3. The minimum atomic E-state index is -0.171. The van der Waals surface area contributed by atoms with Crippen LogP contribution in [0.4, 0.5) is 0 Å². The van der Waals surface area contributed by atoms with Crippen LogP contribution in [0.15, 0.2) is 24.3 Å². The summed E-state index contributed by atoms with van der Waals surface area (Å²) in [7, 11) is 1.70. The Balaban J connectivity index is 2.40. The second kappa shape index (κ2) is 12.2. The number of nitrogens with one attached hydrogen (secondary N) is 1. The van der Waals surface area contributed by atoms with Crippen LogP contribution in [0.1, 0.15) is 136 Å². The maximum absolute atomic E-state index is 12.5. The average molecular weight is 552 g/mol. The molecule has 4 heteroatoms. The molecule has 224 valence electrons. The summed E-state index contributed by atoms with van der Waals surface area (Å²) in [6.45, 7) is 25.7. The van der Waals surface area contributed by atoms with Crippen LogP contribution in [-0.2, 0) is 39.3 Å². The lowest BCUT2D eigenvalue weighted by Crippen LogP contribution is -2.22. The first-order valence-electron chi connectivity index (χ1n) is 15.0. The van der Waals surface area contributed by atoms with Gasteiger partial charge in [0.1, 0.15) is 11.5 Å². The van der Waals surface area contributed by atoms with Crippen LogP contribution in [0.3, 0.4) is 0 Å². The molecule has 0 unspecified atom stereocenters. The van der Waals surface area contributed by atoms with E-state index in [4.69, 9.17) is 0 Å². The molecule has 0 bridgehead atoms. The van der Waals surface area contributed by atoms with Gasteiger partial charge < -0.3 is 15.5 Å². The second-order valence-electron chi connectivity index (χ2n) is 15.9. The van der Waals surface area contributed by atoms with E-state index in [1.54, 1.807) is 7.05 Å². The Hall–Kier alpha value is -2.49. The molecule has 0 atom stereocenters. The molecule has 0 spiro atoms. The van der Waals surface area contributed by atoms with Gasteiger partial charge in [0, 0.05) is 13.5 Å². The van der Waals surface area contributed by atoms with E-state index in [-0.39, 0.29) is 33.5 Å². The molecule has 0 aliphatic carbocycles. The van der Waals surface area contributed by atoms with Gasteiger partial charge in [-0.15, -0.1) is 0 Å². The number of carbonyl (C=O) groups is 1. The molecule has 0 radical (unpaired) electrons. The summed E-state index contributed by atoms with van der Waals surface area (Å²) < 4.78 is 0. The summed E-state index contributed by atoms with van der Waals surface area (Å²) in [5.74, 6) is 1.09. The molecule has 2 rings (SSSR count). The first-order valence-corrected chi connectivity index (χ1v) is 15.0. The number of phenolic OH excluding ortho intramolecular Hbond substituents is 2. The third kappa shape index (κ3) is 8.75. The minimum Gasteiger partial charge on any atom is -0.507 e. The molecule has 1 amide bonds. The van der Waals surface area contributed by atoms with E-state index in [0.717, 1.165) is 47.9 Å². The van der Waals surface area contributed by atoms with Gasteiger partial charge in [-0.1, -0.05) is 107 Å². The highest BCUT2D eigenvalue weighted by Crippen LogP contribution is 2.42. The third-order valence-corrected chi connectivity index (χ3v) is 8.01. The third-order valence-electron chi connectivity index (χ3n) is 8.01. The Bertz CT molecular complexity index is 1020. The molecule has 0 aromatic heterocycles. The van der Waals surface area contributed by atoms with E-state index in [1.807, 2.05) is 0 Å². The zero-order valence-electron chi connectivity index (χ0n) is 27.7. The van der Waals surface area contributed by atoms with E-state index in [1.165, 1.54) is 11.1 Å². The van der Waals surface area contributed by atoms with Gasteiger partial charge in [0.05, 0.1) is 0 Å². The lowest BCUT2D eigenvalue weighted by Gasteiger charge is -2.29. The Kier molecular flexibility index (Phi) is 10.3. The summed E-state index contributed by atoms with van der Waals surface area (Å²) in [5.41, 5.74) is 5.65. The number of amides is 1. The van der Waals surface area contributed by atoms with Crippen LogP contribution in [0.25, 0.3) is 0 Å². The molecular formula is C36H57NO3. The van der Waals surface area contributed by atoms with Crippen LogP contribution >= 0.6 is 0 Å². The average Bonchev–Trinajstić information content (AvgIpc) is 2.78. The number of phenols is 2. The smallest absolute Gasteiger partial charge is 0.220 e. The van der Waals surface area contributed by atoms with Crippen molar-refractivity contribution < 1.29 is 15.0 Å². The van der Waals surface area contributed by atoms with Crippen molar-refractivity contribution in [3.8, 4) is 11.5 Å². The Labute approximate surface area is 245 Å². The molecule has 40 heavy (non-hydrogen) atoms. The topological polar surface area (TPSA) is 69.6 Å². The van der Waals surface area contributed by atoms with Crippen LogP contribution in [0, 0.1) is 5.92 Å². The van der Waals surface area contributed by atoms with Crippen molar-refractivity contribution in [2.45, 2.75) is 137 Å². The van der Waals surface area contributed by atoms with Gasteiger partial charge in [0.25, 0.3) is 0 Å². The molecule has 0 saturated heterocycles. The second-order valence-corrected chi connectivity index (χ2v) is 15.9. The first-order chi connectivity index (χ1) is 18.1. The van der Waals surface area contributed by atoms with E-state index in [2.05, 4.69) is 113 Å². The molecular weight excluding hydrogens is 494 g/mol. The van der Waals surface area contributed by atoms with Crippen molar-refractivity contribution in [2.75, 3.05) is 7.05 Å². The van der Waals surface area contributed by atoms with Gasteiger partial charge in [0.15, 0.2) is 0 Å². The van der Waals surface area contributed by atoms with Crippen molar-refractivity contribution in [3.05, 3.63) is 57.6 Å². The SMILES string of the molecule is CNC(=O)CC(CCc1cc(C(C)(C)C)c(O)c(C(C)(C)C)c1)CCc1cc(C(C)(C)C)c(O)c(C(C)(C)C)c1. The van der Waals surface area contributed by atoms with Crippen molar-refractivity contribution in [2.24, 2.45) is 5.92 Å². The quantitative estimate of drug-likeness (QED) is 0.308. The lowest BCUT2D eigenvalue weighted by molar-refractivity contribution is -0.121. The highest BCUT2D eigenvalue weighted by molar-refractivity contribution is 5.75. The summed E-state index contributed by atoms with van der Waals surface area (Å²) in [6, 6.07) is 8.64. The predicted molar refractivity (Wildman–Crippen MR) is 170 cm³/mol. The number of aryl methyl sites for hydroxylation is 2. The molecule has 3 N–H and O–H groups in total. The summed E-state index contributed by atoms with van der Waals surface area (Å²) in [4.78, 5) is 12.5. The Morgan fingerprint density at radius 2 is 0.900 bits per heavy atom. The minimum absolute atomic E-state index is 0.0675. The Morgan fingerprint density at radius 3 is 1.12 bits per heavy atom. The highest BCUT2D eigenvalue weighted by Gasteiger charge is 2.28. The standard InChI is InChI=1S/C36H57NO3/c1-33(2,3)26-18-24(19-27(31(26)39)34(4,5)6)16-14-23(22-30(38)37-13)15-17-25-20-28(35(7,8)9)32(40)29(21-25)36(10,11)12/h18-21,23,39-40H,14-17,22H2,1-13H3,(H,37,38). The van der Waals surface area contributed by atoms with E-state index >= 15 is 0 Å². The predicted octanol–water partition coefficient (Wildman–Crippen LogP) is 8.61. The Morgan fingerprint density at radius 1 is 0.625 bits per heavy atom. The molecule has 2 aromatic rings. The van der Waals surface area contributed by atoms with Crippen LogP contribution in [0.2, 0.25) is 0 Å². The summed E-state index contributed by atoms with van der Waals surface area (Å²) in [5, 5.41) is 25.1.